The molecule has 1 N–H and O–H groups in total. The summed E-state index contributed by atoms with van der Waals surface area (Å²) in [4.78, 5) is 14.1. The highest BCUT2D eigenvalue weighted by Gasteiger charge is 2.17. The zero-order valence-corrected chi connectivity index (χ0v) is 11.7. The maximum Gasteiger partial charge on any atom is 0.253 e. The average Bonchev–Trinajstić information content (AvgIpc) is 2.45. The van der Waals surface area contributed by atoms with Gasteiger partial charge >= 0.3 is 0 Å². The fourth-order valence-corrected chi connectivity index (χ4v) is 2.27. The van der Waals surface area contributed by atoms with E-state index in [2.05, 4.69) is 5.32 Å². The molecule has 1 aromatic carbocycles. The zero-order valence-electron chi connectivity index (χ0n) is 11.7. The van der Waals surface area contributed by atoms with E-state index in [0.717, 1.165) is 43.9 Å². The number of nitrogens with one attached hydrogen (secondary N) is 1. The lowest BCUT2D eigenvalue weighted by Gasteiger charge is -2.26. The molecule has 1 amide bonds. The van der Waals surface area contributed by atoms with Crippen LogP contribution in [-0.4, -0.2) is 50.2 Å². The van der Waals surface area contributed by atoms with Gasteiger partial charge in [-0.15, -0.1) is 0 Å². The van der Waals surface area contributed by atoms with Gasteiger partial charge in [0, 0.05) is 31.7 Å². The Morgan fingerprint density at radius 2 is 2.26 bits per heavy atom. The molecule has 1 fully saturated rings. The summed E-state index contributed by atoms with van der Waals surface area (Å²) in [6.07, 6.45) is 0.925. The van der Waals surface area contributed by atoms with E-state index >= 15 is 0 Å². The van der Waals surface area contributed by atoms with E-state index in [0.29, 0.717) is 6.04 Å². The van der Waals surface area contributed by atoms with Gasteiger partial charge in [-0.2, -0.15) is 0 Å². The average molecular weight is 262 g/mol. The molecule has 1 atom stereocenters. The third-order valence-corrected chi connectivity index (χ3v) is 3.53. The molecule has 1 aromatic rings. The van der Waals surface area contributed by atoms with Gasteiger partial charge in [0.2, 0.25) is 0 Å². The van der Waals surface area contributed by atoms with Crippen LogP contribution in [0.2, 0.25) is 0 Å². The van der Waals surface area contributed by atoms with Gasteiger partial charge in [-0.05, 0) is 25.0 Å². The summed E-state index contributed by atoms with van der Waals surface area (Å²) in [7, 11) is 1.86. The van der Waals surface area contributed by atoms with Crippen LogP contribution in [0.15, 0.2) is 24.3 Å². The Bertz CT molecular complexity index is 428. The van der Waals surface area contributed by atoms with Crippen molar-refractivity contribution in [2.75, 3.05) is 33.4 Å². The van der Waals surface area contributed by atoms with Crippen molar-refractivity contribution in [3.8, 4) is 0 Å². The molecule has 0 aliphatic carbocycles. The minimum atomic E-state index is 0.0924. The number of benzene rings is 1. The quantitative estimate of drug-likeness (QED) is 0.893. The van der Waals surface area contributed by atoms with Gasteiger partial charge in [0.25, 0.3) is 5.91 Å². The van der Waals surface area contributed by atoms with Crippen molar-refractivity contribution in [3.05, 3.63) is 35.4 Å². The van der Waals surface area contributed by atoms with E-state index in [9.17, 15) is 4.79 Å². The van der Waals surface area contributed by atoms with Gasteiger partial charge in [-0.1, -0.05) is 18.2 Å². The molecule has 1 unspecified atom stereocenters. The smallest absolute Gasteiger partial charge is 0.253 e. The molecule has 104 valence electrons. The number of hydrogen-bond acceptors (Lipinski definition) is 3. The molecule has 1 heterocycles. The number of ether oxygens (including phenoxy) is 1. The van der Waals surface area contributed by atoms with Crippen molar-refractivity contribution in [1.82, 2.24) is 10.2 Å². The first-order valence-corrected chi connectivity index (χ1v) is 6.80. The zero-order chi connectivity index (χ0) is 13.7. The minimum absolute atomic E-state index is 0.0924. The van der Waals surface area contributed by atoms with Gasteiger partial charge in [0.05, 0.1) is 13.2 Å². The number of hydrogen-bond donors (Lipinski definition) is 1. The number of aryl methyl sites for hydroxylation is 1. The Morgan fingerprint density at radius 1 is 1.47 bits per heavy atom. The van der Waals surface area contributed by atoms with Crippen LogP contribution >= 0.6 is 0 Å². The SMILES string of the molecule is Cc1ccccc1C(=O)N(C)CCC1COCCN1. The monoisotopic (exact) mass is 262 g/mol. The van der Waals surface area contributed by atoms with E-state index in [1.54, 1.807) is 4.90 Å². The molecule has 1 aliphatic heterocycles. The highest BCUT2D eigenvalue weighted by atomic mass is 16.5. The standard InChI is InChI=1S/C15H22N2O2/c1-12-5-3-4-6-14(12)15(18)17(2)9-7-13-11-19-10-8-16-13/h3-6,13,16H,7-11H2,1-2H3. The normalized spacial score (nSPS) is 19.2. The van der Waals surface area contributed by atoms with Crippen molar-refractivity contribution >= 4 is 5.91 Å². The van der Waals surface area contributed by atoms with Gasteiger partial charge in [-0.3, -0.25) is 4.79 Å². The number of morpholine rings is 1. The number of nitrogens with zero attached hydrogens (tertiary/aromatic N) is 1. The van der Waals surface area contributed by atoms with Gasteiger partial charge < -0.3 is 15.0 Å². The van der Waals surface area contributed by atoms with Crippen LogP contribution < -0.4 is 5.32 Å². The molecular formula is C15H22N2O2. The molecule has 0 bridgehead atoms. The lowest BCUT2D eigenvalue weighted by atomic mass is 10.1. The van der Waals surface area contributed by atoms with Crippen LogP contribution in [-0.2, 0) is 4.74 Å². The topological polar surface area (TPSA) is 41.6 Å². The first-order valence-electron chi connectivity index (χ1n) is 6.80. The molecular weight excluding hydrogens is 240 g/mol. The van der Waals surface area contributed by atoms with Crippen LogP contribution in [0.5, 0.6) is 0 Å². The van der Waals surface area contributed by atoms with Crippen molar-refractivity contribution in [1.29, 1.82) is 0 Å². The van der Waals surface area contributed by atoms with Crippen molar-refractivity contribution < 1.29 is 9.53 Å². The predicted molar refractivity (Wildman–Crippen MR) is 75.4 cm³/mol. The first kappa shape index (κ1) is 14.0. The lowest BCUT2D eigenvalue weighted by molar-refractivity contribution is 0.0653. The minimum Gasteiger partial charge on any atom is -0.379 e. The van der Waals surface area contributed by atoms with Crippen molar-refractivity contribution in [2.45, 2.75) is 19.4 Å². The third kappa shape index (κ3) is 3.78. The molecule has 0 aromatic heterocycles. The molecule has 2 rings (SSSR count). The number of carbonyl (C=O) groups excluding carboxylic acids is 1. The second-order valence-electron chi connectivity index (χ2n) is 5.06. The Balaban J connectivity index is 1.87. The fourth-order valence-electron chi connectivity index (χ4n) is 2.27. The van der Waals surface area contributed by atoms with Gasteiger partial charge in [0.1, 0.15) is 0 Å². The predicted octanol–water partition coefficient (Wildman–Crippen LogP) is 1.45. The summed E-state index contributed by atoms with van der Waals surface area (Å²) >= 11 is 0. The Kier molecular flexibility index (Phi) is 4.93. The van der Waals surface area contributed by atoms with E-state index in [-0.39, 0.29) is 5.91 Å². The lowest BCUT2D eigenvalue weighted by Crippen LogP contribution is -2.43. The molecule has 1 aliphatic rings. The van der Waals surface area contributed by atoms with Gasteiger partial charge in [0.15, 0.2) is 0 Å². The summed E-state index contributed by atoms with van der Waals surface area (Å²) < 4.78 is 5.41. The fraction of sp³-hybridized carbons (Fsp3) is 0.533. The van der Waals surface area contributed by atoms with Crippen LogP contribution in [0.1, 0.15) is 22.3 Å². The van der Waals surface area contributed by atoms with Crippen LogP contribution in [0.3, 0.4) is 0 Å². The van der Waals surface area contributed by atoms with E-state index in [4.69, 9.17) is 4.74 Å². The molecule has 19 heavy (non-hydrogen) atoms. The summed E-state index contributed by atoms with van der Waals surface area (Å²) in [5.74, 6) is 0.0924. The second-order valence-corrected chi connectivity index (χ2v) is 5.06. The number of amides is 1. The Labute approximate surface area is 114 Å². The Morgan fingerprint density at radius 3 is 2.95 bits per heavy atom. The van der Waals surface area contributed by atoms with Gasteiger partial charge in [-0.25, -0.2) is 0 Å². The Hall–Kier alpha value is -1.39. The molecule has 4 heteroatoms. The molecule has 1 saturated heterocycles. The summed E-state index contributed by atoms with van der Waals surface area (Å²) in [6.45, 7) is 5.15. The first-order chi connectivity index (χ1) is 9.18. The van der Waals surface area contributed by atoms with Crippen LogP contribution in [0, 0.1) is 6.92 Å². The molecule has 0 saturated carbocycles. The summed E-state index contributed by atoms with van der Waals surface area (Å²) in [5, 5.41) is 3.40. The van der Waals surface area contributed by atoms with Crippen molar-refractivity contribution in [2.24, 2.45) is 0 Å². The van der Waals surface area contributed by atoms with Crippen LogP contribution in [0.4, 0.5) is 0 Å². The molecule has 0 spiro atoms. The molecule has 4 nitrogen and oxygen atoms in total. The summed E-state index contributed by atoms with van der Waals surface area (Å²) in [6, 6.07) is 8.08. The molecule has 0 radical (unpaired) electrons. The second kappa shape index (κ2) is 6.68. The van der Waals surface area contributed by atoms with E-state index < -0.39 is 0 Å². The third-order valence-electron chi connectivity index (χ3n) is 3.53. The highest BCUT2D eigenvalue weighted by molar-refractivity contribution is 5.95. The van der Waals surface area contributed by atoms with E-state index in [1.807, 2.05) is 38.2 Å². The highest BCUT2D eigenvalue weighted by Crippen LogP contribution is 2.10. The number of carbonyl (C=O) groups is 1. The summed E-state index contributed by atoms with van der Waals surface area (Å²) in [5.41, 5.74) is 1.82. The maximum atomic E-state index is 12.3. The van der Waals surface area contributed by atoms with E-state index in [1.165, 1.54) is 0 Å². The maximum absolute atomic E-state index is 12.3. The van der Waals surface area contributed by atoms with Crippen LogP contribution in [0.25, 0.3) is 0 Å². The number of rotatable bonds is 4. The van der Waals surface area contributed by atoms with Crippen molar-refractivity contribution in [3.63, 3.8) is 0 Å². The largest absolute Gasteiger partial charge is 0.379 e.